The van der Waals surface area contributed by atoms with Crippen LogP contribution < -0.4 is 44.4 Å². The molecule has 0 unspecified atom stereocenters. The van der Waals surface area contributed by atoms with E-state index in [1.165, 1.54) is 16.8 Å². The second-order valence-electron chi connectivity index (χ2n) is 10.6. The van der Waals surface area contributed by atoms with Crippen LogP contribution in [0.15, 0.2) is 34.3 Å². The van der Waals surface area contributed by atoms with Crippen molar-refractivity contribution in [2.45, 2.75) is 45.3 Å². The molecule has 2 aromatic rings. The Morgan fingerprint density at radius 1 is 1.23 bits per heavy atom. The number of amides is 2. The largest absolute Gasteiger partial charge is 1.00 e. The van der Waals surface area contributed by atoms with Gasteiger partial charge in [-0.25, -0.2) is 13.6 Å². The van der Waals surface area contributed by atoms with Crippen LogP contribution >= 0.6 is 0 Å². The van der Waals surface area contributed by atoms with Crippen LogP contribution in [0.1, 0.15) is 59.1 Å². The smallest absolute Gasteiger partial charge is 0.514 e. The zero-order valence-electron chi connectivity index (χ0n) is 24.2. The Morgan fingerprint density at radius 2 is 1.98 bits per heavy atom. The van der Waals surface area contributed by atoms with E-state index >= 15 is 0 Å². The molecule has 2 bridgehead atoms. The summed E-state index contributed by atoms with van der Waals surface area (Å²) in [6, 6.07) is 2.09. The monoisotopic (exact) mass is 717 g/mol. The molecule has 1 aromatic heterocycles. The Balaban J connectivity index is 0.00000506. The van der Waals surface area contributed by atoms with Gasteiger partial charge < -0.3 is 58.0 Å². The molecule has 0 spiro atoms. The van der Waals surface area contributed by atoms with Crippen LogP contribution in [-0.4, -0.2) is 79.6 Å². The number of benzene rings is 1. The Kier molecular flexibility index (Phi) is 11.6. The van der Waals surface area contributed by atoms with E-state index in [-0.39, 0.29) is 67.6 Å². The molecule has 3 heterocycles. The van der Waals surface area contributed by atoms with Crippen LogP contribution in [0.25, 0.3) is 0 Å². The molecule has 2 aliphatic heterocycles. The van der Waals surface area contributed by atoms with E-state index in [1.54, 1.807) is 11.8 Å². The van der Waals surface area contributed by atoms with Crippen LogP contribution in [0.4, 0.5) is 13.6 Å². The number of carbonyl (C=O) groups excluding carboxylic acids is 3. The summed E-state index contributed by atoms with van der Waals surface area (Å²) >= 11 is 0. The van der Waals surface area contributed by atoms with E-state index < -0.39 is 52.4 Å². The molecule has 2 atom stereocenters. The molecule has 1 aromatic carbocycles. The van der Waals surface area contributed by atoms with Gasteiger partial charge in [0.2, 0.25) is 11.2 Å². The highest BCUT2D eigenvalue weighted by Crippen LogP contribution is 2.31. The van der Waals surface area contributed by atoms with Gasteiger partial charge in [0.25, 0.3) is 11.8 Å². The SMILES string of the molecule is C/C1=N/OCC[C@H](C)N2C[C@H](C1)n1cc(C(=O)NCc3ccc(F)cc3F)c(=O)c(OC(=O)OCC[NH+](C)C)c1C2=O.[I-]. The molecule has 0 aliphatic carbocycles. The zero-order valence-corrected chi connectivity index (χ0v) is 26.4. The minimum atomic E-state index is -1.20. The van der Waals surface area contributed by atoms with Crippen molar-refractivity contribution in [2.75, 3.05) is 40.4 Å². The zero-order chi connectivity index (χ0) is 30.6. The first-order valence-corrected chi connectivity index (χ1v) is 13.6. The van der Waals surface area contributed by atoms with Gasteiger partial charge in [0.05, 0.1) is 25.8 Å². The first-order chi connectivity index (χ1) is 20.0. The lowest BCUT2D eigenvalue weighted by Crippen LogP contribution is -3.06. The molecule has 12 nitrogen and oxygen atoms in total. The maximum Gasteiger partial charge on any atom is 0.514 e. The summed E-state index contributed by atoms with van der Waals surface area (Å²) in [6.07, 6.45) is 0.782. The topological polar surface area (TPSA) is 133 Å². The quantitative estimate of drug-likeness (QED) is 0.258. The van der Waals surface area contributed by atoms with Gasteiger partial charge in [-0.05, 0) is 19.9 Å². The van der Waals surface area contributed by atoms with E-state index in [0.717, 1.165) is 11.0 Å². The number of hydrogen-bond acceptors (Lipinski definition) is 8. The lowest BCUT2D eigenvalue weighted by molar-refractivity contribution is -0.858. The fourth-order valence-corrected chi connectivity index (χ4v) is 4.74. The van der Waals surface area contributed by atoms with Crippen molar-refractivity contribution in [2.24, 2.45) is 5.16 Å². The van der Waals surface area contributed by atoms with Crippen molar-refractivity contribution in [3.8, 4) is 5.75 Å². The minimum Gasteiger partial charge on any atom is -1.00 e. The molecule has 0 saturated heterocycles. The molecule has 0 saturated carbocycles. The molecule has 2 N–H and O–H groups in total. The first kappa shape index (κ1) is 33.9. The first-order valence-electron chi connectivity index (χ1n) is 13.6. The number of nitrogens with one attached hydrogen (secondary N) is 2. The lowest BCUT2D eigenvalue weighted by atomic mass is 10.0. The van der Waals surface area contributed by atoms with E-state index in [9.17, 15) is 28.0 Å². The Hall–Kier alpha value is -3.60. The third kappa shape index (κ3) is 8.07. The van der Waals surface area contributed by atoms with Crippen molar-refractivity contribution >= 4 is 23.7 Å². The average molecular weight is 718 g/mol. The van der Waals surface area contributed by atoms with E-state index in [2.05, 4.69) is 10.5 Å². The summed E-state index contributed by atoms with van der Waals surface area (Å²) in [5.74, 6) is -3.77. The summed E-state index contributed by atoms with van der Waals surface area (Å²) in [6.45, 7) is 4.19. The minimum absolute atomic E-state index is 0. The van der Waals surface area contributed by atoms with Crippen LogP contribution in [0.5, 0.6) is 5.75 Å². The van der Waals surface area contributed by atoms with E-state index in [4.69, 9.17) is 14.3 Å². The highest BCUT2D eigenvalue weighted by Gasteiger charge is 2.39. The van der Waals surface area contributed by atoms with Gasteiger partial charge >= 0.3 is 6.16 Å². The average Bonchev–Trinajstić information content (AvgIpc) is 2.92. The number of pyridine rings is 1. The van der Waals surface area contributed by atoms with Crippen molar-refractivity contribution in [3.05, 3.63) is 63.1 Å². The lowest BCUT2D eigenvalue weighted by Gasteiger charge is -2.40. The van der Waals surface area contributed by atoms with Crippen molar-refractivity contribution in [1.29, 1.82) is 0 Å². The Morgan fingerprint density at radius 3 is 2.67 bits per heavy atom. The number of ether oxygens (including phenoxy) is 2. The maximum atomic E-state index is 14.2. The van der Waals surface area contributed by atoms with Gasteiger partial charge in [0, 0.05) is 49.8 Å². The Labute approximate surface area is 263 Å². The third-order valence-corrected chi connectivity index (χ3v) is 7.07. The van der Waals surface area contributed by atoms with Crippen LogP contribution in [-0.2, 0) is 16.1 Å². The van der Waals surface area contributed by atoms with Crippen LogP contribution in [0.3, 0.4) is 0 Å². The Bertz CT molecular complexity index is 1470. The van der Waals surface area contributed by atoms with Gasteiger partial charge in [-0.15, -0.1) is 0 Å². The maximum absolute atomic E-state index is 14.2. The van der Waals surface area contributed by atoms with Crippen molar-refractivity contribution in [3.63, 3.8) is 0 Å². The van der Waals surface area contributed by atoms with Crippen LogP contribution in [0, 0.1) is 11.6 Å². The van der Waals surface area contributed by atoms with Gasteiger partial charge in [0.15, 0.2) is 5.69 Å². The number of halogens is 3. The normalized spacial score (nSPS) is 19.3. The number of rotatable bonds is 7. The molecule has 2 amide bonds. The van der Waals surface area contributed by atoms with E-state index in [1.807, 2.05) is 21.0 Å². The number of fused-ring (bicyclic) bond motifs is 4. The number of quaternary nitrogens is 1. The van der Waals surface area contributed by atoms with E-state index in [0.29, 0.717) is 31.2 Å². The third-order valence-electron chi connectivity index (χ3n) is 7.07. The van der Waals surface area contributed by atoms with Crippen molar-refractivity contribution < 1.29 is 66.4 Å². The molecule has 4 rings (SSSR count). The molecular formula is C28H34F2IN5O7. The van der Waals surface area contributed by atoms with Gasteiger partial charge in [-0.3, -0.25) is 14.4 Å². The fourth-order valence-electron chi connectivity index (χ4n) is 4.74. The predicted octanol–water partition coefficient (Wildman–Crippen LogP) is -1.71. The number of aromatic nitrogens is 1. The number of likely N-dealkylation sites (N-methyl/N-ethyl adjacent to an activating group) is 1. The fraction of sp³-hybridized carbons (Fsp3) is 0.464. The molecule has 15 heteroatoms. The summed E-state index contributed by atoms with van der Waals surface area (Å²) < 4.78 is 39.4. The molecule has 43 heavy (non-hydrogen) atoms. The van der Waals surface area contributed by atoms with Gasteiger partial charge in [0.1, 0.15) is 37.0 Å². The second-order valence-corrected chi connectivity index (χ2v) is 10.6. The highest BCUT2D eigenvalue weighted by molar-refractivity contribution is 6.00. The molecular weight excluding hydrogens is 683 g/mol. The number of carbonyl (C=O) groups is 3. The highest BCUT2D eigenvalue weighted by atomic mass is 127. The van der Waals surface area contributed by atoms with Gasteiger partial charge in [-0.2, -0.15) is 0 Å². The standard InChI is InChI=1S/C28H33F2N5O7.HI/c1-16-11-20-14-34(17(2)7-9-41-32-16)27(38)23-25(42-28(39)40-10-8-33(3)4)24(36)21(15-35(20)23)26(37)31-13-18-5-6-19(29)12-22(18)30;/h5-6,12,15,17,20H,7-11,13-14H2,1-4H3,(H,31,37);1H/b32-16-;/t17-,20-;/m0./s1. The number of hydrogen-bond donors (Lipinski definition) is 2. The summed E-state index contributed by atoms with van der Waals surface area (Å²) in [5.41, 5.74) is -1.06. The number of nitrogens with zero attached hydrogens (tertiary/aromatic N) is 3. The molecule has 234 valence electrons. The summed E-state index contributed by atoms with van der Waals surface area (Å²) in [4.78, 5) is 61.3. The molecule has 0 radical (unpaired) electrons. The predicted molar refractivity (Wildman–Crippen MR) is 146 cm³/mol. The second kappa shape index (κ2) is 14.7. The van der Waals surface area contributed by atoms with Gasteiger partial charge in [-0.1, -0.05) is 11.2 Å². The van der Waals surface area contributed by atoms with Crippen LogP contribution in [0.2, 0.25) is 0 Å². The molecule has 0 fully saturated rings. The molecule has 2 aliphatic rings. The summed E-state index contributed by atoms with van der Waals surface area (Å²) in [7, 11) is 3.72. The van der Waals surface area contributed by atoms with Crippen molar-refractivity contribution in [1.82, 2.24) is 14.8 Å². The number of oxime groups is 1. The summed E-state index contributed by atoms with van der Waals surface area (Å²) in [5, 5.41) is 6.57.